The largest absolute Gasteiger partial charge is 0.388 e. The summed E-state index contributed by atoms with van der Waals surface area (Å²) in [5.41, 5.74) is 1.07. The maximum Gasteiger partial charge on any atom is 0.254 e. The highest BCUT2D eigenvalue weighted by atomic mass is 79.9. The lowest BCUT2D eigenvalue weighted by Gasteiger charge is -2.35. The Balaban J connectivity index is 1.54. The monoisotopic (exact) mass is 392 g/mol. The molecule has 0 radical (unpaired) electrons. The van der Waals surface area contributed by atoms with Gasteiger partial charge in [0, 0.05) is 35.1 Å². The lowest BCUT2D eigenvalue weighted by molar-refractivity contribution is -0.131. The normalized spacial score (nSPS) is 27.5. The van der Waals surface area contributed by atoms with E-state index in [1.807, 2.05) is 12.1 Å². The molecule has 2 aliphatic heterocycles. The number of hydrogen-bond acceptors (Lipinski definition) is 3. The molecule has 1 spiro atoms. The van der Waals surface area contributed by atoms with Crippen LogP contribution in [0.15, 0.2) is 22.7 Å². The van der Waals surface area contributed by atoms with E-state index in [1.54, 1.807) is 16.7 Å². The molecule has 2 fully saturated rings. The summed E-state index contributed by atoms with van der Waals surface area (Å²) in [6.45, 7) is 3.38. The molecule has 0 bridgehead atoms. The number of hydrogen-bond donors (Lipinski definition) is 1. The Hall–Kier alpha value is -1.40. The molecule has 5 nitrogen and oxygen atoms in total. The van der Waals surface area contributed by atoms with Gasteiger partial charge < -0.3 is 14.9 Å². The summed E-state index contributed by atoms with van der Waals surface area (Å²) in [6.07, 6.45) is 2.72. The molecule has 1 N–H and O–H groups in total. The van der Waals surface area contributed by atoms with Gasteiger partial charge in [0.25, 0.3) is 5.91 Å². The van der Waals surface area contributed by atoms with Gasteiger partial charge in [-0.2, -0.15) is 0 Å². The standard InChI is InChI=1S/C18H21BrN2O3/c1-17(24)6-7-20(10-17)15(22)9-21-11-18(4-5-18)14-8-12(19)2-3-13(14)16(21)23/h2-3,8,24H,4-7,9-11H2,1H3/t17-/m0/s1. The van der Waals surface area contributed by atoms with Crippen LogP contribution < -0.4 is 0 Å². The van der Waals surface area contributed by atoms with Gasteiger partial charge in [0.05, 0.1) is 5.60 Å². The second-order valence-corrected chi connectivity index (χ2v) is 8.61. The summed E-state index contributed by atoms with van der Waals surface area (Å²) in [4.78, 5) is 28.7. The van der Waals surface area contributed by atoms with E-state index in [4.69, 9.17) is 0 Å². The summed E-state index contributed by atoms with van der Waals surface area (Å²) in [5.74, 6) is -0.133. The second-order valence-electron chi connectivity index (χ2n) is 7.69. The van der Waals surface area contributed by atoms with Crippen LogP contribution in [0.25, 0.3) is 0 Å². The molecule has 2 amide bonds. The summed E-state index contributed by atoms with van der Waals surface area (Å²) in [6, 6.07) is 5.80. The van der Waals surface area contributed by atoms with E-state index >= 15 is 0 Å². The third kappa shape index (κ3) is 2.65. The van der Waals surface area contributed by atoms with Gasteiger partial charge in [0.15, 0.2) is 0 Å². The molecule has 1 atom stereocenters. The molecule has 1 aromatic carbocycles. The minimum absolute atomic E-state index is 0.0316. The summed E-state index contributed by atoms with van der Waals surface area (Å²) < 4.78 is 0.990. The number of fused-ring (bicyclic) bond motifs is 2. The van der Waals surface area contributed by atoms with Crippen molar-refractivity contribution in [2.24, 2.45) is 0 Å². The van der Waals surface area contributed by atoms with Gasteiger partial charge in [0.2, 0.25) is 5.91 Å². The first kappa shape index (κ1) is 16.1. The van der Waals surface area contributed by atoms with E-state index in [1.165, 1.54) is 0 Å². The average molecular weight is 393 g/mol. The fraction of sp³-hybridized carbons (Fsp3) is 0.556. The zero-order chi connectivity index (χ0) is 17.1. The van der Waals surface area contributed by atoms with Gasteiger partial charge in [-0.15, -0.1) is 0 Å². The predicted octanol–water partition coefficient (Wildman–Crippen LogP) is 1.92. The van der Waals surface area contributed by atoms with Crippen molar-refractivity contribution in [3.05, 3.63) is 33.8 Å². The molecular formula is C18H21BrN2O3. The molecule has 128 valence electrons. The summed E-state index contributed by atoms with van der Waals surface area (Å²) in [5, 5.41) is 10.0. The van der Waals surface area contributed by atoms with Crippen LogP contribution >= 0.6 is 15.9 Å². The molecule has 1 aromatic rings. The fourth-order valence-electron chi connectivity index (χ4n) is 3.96. The SMILES string of the molecule is C[C@]1(O)CCN(C(=O)CN2CC3(CC3)c3cc(Br)ccc3C2=O)C1. The average Bonchev–Trinajstić information content (AvgIpc) is 3.20. The highest BCUT2D eigenvalue weighted by Gasteiger charge is 2.51. The van der Waals surface area contributed by atoms with Gasteiger partial charge >= 0.3 is 0 Å². The van der Waals surface area contributed by atoms with Gasteiger partial charge in [-0.1, -0.05) is 15.9 Å². The molecule has 3 aliphatic rings. The minimum atomic E-state index is -0.807. The fourth-order valence-corrected chi connectivity index (χ4v) is 4.32. The van der Waals surface area contributed by atoms with Crippen molar-refractivity contribution in [1.29, 1.82) is 0 Å². The molecular weight excluding hydrogens is 372 g/mol. The van der Waals surface area contributed by atoms with E-state index in [-0.39, 0.29) is 23.8 Å². The topological polar surface area (TPSA) is 60.9 Å². The van der Waals surface area contributed by atoms with Gasteiger partial charge in [0.1, 0.15) is 6.54 Å². The number of carbonyl (C=O) groups excluding carboxylic acids is 2. The molecule has 1 saturated carbocycles. The van der Waals surface area contributed by atoms with E-state index in [2.05, 4.69) is 22.0 Å². The third-order valence-corrected chi connectivity index (χ3v) is 6.04. The molecule has 0 unspecified atom stereocenters. The maximum absolute atomic E-state index is 12.8. The van der Waals surface area contributed by atoms with Crippen LogP contribution in [0.4, 0.5) is 0 Å². The predicted molar refractivity (Wildman–Crippen MR) is 92.8 cm³/mol. The van der Waals surface area contributed by atoms with Crippen LogP contribution in [0, 0.1) is 0 Å². The molecule has 4 rings (SSSR count). The zero-order valence-electron chi connectivity index (χ0n) is 13.7. The van der Waals surface area contributed by atoms with Crippen LogP contribution in [0.3, 0.4) is 0 Å². The Bertz CT molecular complexity index is 727. The Labute approximate surface area is 149 Å². The number of rotatable bonds is 2. The van der Waals surface area contributed by atoms with Crippen molar-refractivity contribution >= 4 is 27.7 Å². The van der Waals surface area contributed by atoms with Crippen molar-refractivity contribution in [2.45, 2.75) is 37.2 Å². The van der Waals surface area contributed by atoms with Crippen LogP contribution in [0.2, 0.25) is 0 Å². The molecule has 1 aliphatic carbocycles. The first-order chi connectivity index (χ1) is 11.3. The smallest absolute Gasteiger partial charge is 0.254 e. The number of likely N-dealkylation sites (tertiary alicyclic amines) is 1. The zero-order valence-corrected chi connectivity index (χ0v) is 15.3. The van der Waals surface area contributed by atoms with Crippen molar-refractivity contribution in [1.82, 2.24) is 9.80 Å². The lowest BCUT2D eigenvalue weighted by Crippen LogP contribution is -2.49. The number of halogens is 1. The van der Waals surface area contributed by atoms with E-state index in [0.29, 0.717) is 26.1 Å². The minimum Gasteiger partial charge on any atom is -0.388 e. The highest BCUT2D eigenvalue weighted by molar-refractivity contribution is 9.10. The van der Waals surface area contributed by atoms with E-state index in [0.717, 1.165) is 28.4 Å². The number of aliphatic hydroxyl groups is 1. The van der Waals surface area contributed by atoms with Crippen molar-refractivity contribution in [3.8, 4) is 0 Å². The van der Waals surface area contributed by atoms with Crippen LogP contribution in [-0.2, 0) is 10.2 Å². The summed E-state index contributed by atoms with van der Waals surface area (Å²) >= 11 is 3.49. The van der Waals surface area contributed by atoms with Gasteiger partial charge in [-0.25, -0.2) is 0 Å². The molecule has 0 aromatic heterocycles. The Morgan fingerprint density at radius 2 is 2.04 bits per heavy atom. The first-order valence-corrected chi connectivity index (χ1v) is 9.19. The first-order valence-electron chi connectivity index (χ1n) is 8.39. The lowest BCUT2D eigenvalue weighted by atomic mass is 9.86. The highest BCUT2D eigenvalue weighted by Crippen LogP contribution is 2.52. The van der Waals surface area contributed by atoms with E-state index < -0.39 is 5.60 Å². The second kappa shape index (κ2) is 5.30. The van der Waals surface area contributed by atoms with Gasteiger partial charge in [-0.05, 0) is 49.9 Å². The van der Waals surface area contributed by atoms with Crippen molar-refractivity contribution in [3.63, 3.8) is 0 Å². The third-order valence-electron chi connectivity index (χ3n) is 5.55. The Morgan fingerprint density at radius 3 is 2.67 bits per heavy atom. The molecule has 6 heteroatoms. The van der Waals surface area contributed by atoms with Crippen molar-refractivity contribution in [2.75, 3.05) is 26.2 Å². The molecule has 1 saturated heterocycles. The number of carbonyl (C=O) groups is 2. The quantitative estimate of drug-likeness (QED) is 0.835. The Kier molecular flexibility index (Phi) is 3.55. The number of nitrogens with zero attached hydrogens (tertiary/aromatic N) is 2. The van der Waals surface area contributed by atoms with Crippen LogP contribution in [-0.4, -0.2) is 58.5 Å². The van der Waals surface area contributed by atoms with Crippen LogP contribution in [0.5, 0.6) is 0 Å². The Morgan fingerprint density at radius 1 is 1.29 bits per heavy atom. The molecule has 24 heavy (non-hydrogen) atoms. The summed E-state index contributed by atoms with van der Waals surface area (Å²) in [7, 11) is 0. The van der Waals surface area contributed by atoms with E-state index in [9.17, 15) is 14.7 Å². The van der Waals surface area contributed by atoms with Crippen LogP contribution in [0.1, 0.15) is 42.1 Å². The number of β-amino-alcohol motifs (C(OH)–C–C–N with tert-alkyl or cyclic N) is 1. The number of amides is 2. The maximum atomic E-state index is 12.8. The van der Waals surface area contributed by atoms with Crippen molar-refractivity contribution < 1.29 is 14.7 Å². The molecule has 2 heterocycles. The number of benzene rings is 1. The van der Waals surface area contributed by atoms with Gasteiger partial charge in [-0.3, -0.25) is 9.59 Å².